The average molecular weight is 356 g/mol. The molecule has 0 spiro atoms. The molecule has 0 unspecified atom stereocenters. The maximum absolute atomic E-state index is 12.6. The standard InChI is InChI=1S/C19H20N2O3S/c22-18(16-8-4-5-9-17(16)25)21-12-10-14(11-13-21)20-19(23)24-15-6-2-1-3-7-15/h1-9,14,25H,10-13H2,(H,20,23). The molecule has 1 aliphatic rings. The van der Waals surface area contributed by atoms with Gasteiger partial charge in [-0.3, -0.25) is 4.79 Å². The van der Waals surface area contributed by atoms with E-state index in [9.17, 15) is 9.59 Å². The van der Waals surface area contributed by atoms with Crippen LogP contribution in [0.3, 0.4) is 0 Å². The first-order valence-electron chi connectivity index (χ1n) is 8.24. The molecule has 2 aromatic carbocycles. The van der Waals surface area contributed by atoms with Crippen LogP contribution in [0.5, 0.6) is 5.75 Å². The van der Waals surface area contributed by atoms with Crippen LogP contribution < -0.4 is 10.1 Å². The normalized spacial score (nSPS) is 14.8. The fraction of sp³-hybridized carbons (Fsp3) is 0.263. The van der Waals surface area contributed by atoms with Crippen molar-refractivity contribution in [3.8, 4) is 5.75 Å². The van der Waals surface area contributed by atoms with Crippen LogP contribution in [0.1, 0.15) is 23.2 Å². The van der Waals surface area contributed by atoms with Crippen LogP contribution in [0.15, 0.2) is 59.5 Å². The largest absolute Gasteiger partial charge is 0.412 e. The van der Waals surface area contributed by atoms with E-state index >= 15 is 0 Å². The van der Waals surface area contributed by atoms with E-state index < -0.39 is 6.09 Å². The van der Waals surface area contributed by atoms with Crippen LogP contribution in [0.2, 0.25) is 0 Å². The zero-order valence-electron chi connectivity index (χ0n) is 13.7. The number of hydrogen-bond donors (Lipinski definition) is 2. The summed E-state index contributed by atoms with van der Waals surface area (Å²) in [5.74, 6) is 0.494. The number of ether oxygens (including phenoxy) is 1. The summed E-state index contributed by atoms with van der Waals surface area (Å²) < 4.78 is 5.24. The summed E-state index contributed by atoms with van der Waals surface area (Å²) in [6.07, 6.45) is 0.936. The summed E-state index contributed by atoms with van der Waals surface area (Å²) in [5.41, 5.74) is 0.612. The fourth-order valence-corrected chi connectivity index (χ4v) is 3.10. The Morgan fingerprint density at radius 2 is 1.64 bits per heavy atom. The van der Waals surface area contributed by atoms with Gasteiger partial charge in [-0.15, -0.1) is 12.6 Å². The molecule has 0 aromatic heterocycles. The Balaban J connectivity index is 1.49. The first-order valence-corrected chi connectivity index (χ1v) is 8.69. The number of thiol groups is 1. The number of nitrogens with zero attached hydrogens (tertiary/aromatic N) is 1. The zero-order valence-corrected chi connectivity index (χ0v) is 14.6. The van der Waals surface area contributed by atoms with Gasteiger partial charge in [0.25, 0.3) is 5.91 Å². The Hall–Kier alpha value is -2.47. The third-order valence-electron chi connectivity index (χ3n) is 4.19. The average Bonchev–Trinajstić information content (AvgIpc) is 2.63. The van der Waals surface area contributed by atoms with Gasteiger partial charge in [0.2, 0.25) is 0 Å². The molecule has 0 radical (unpaired) electrons. The third kappa shape index (κ3) is 4.54. The van der Waals surface area contributed by atoms with Crippen LogP contribution in [0, 0.1) is 0 Å². The number of piperidine rings is 1. The van der Waals surface area contributed by atoms with Crippen LogP contribution in [0.25, 0.3) is 0 Å². The van der Waals surface area contributed by atoms with E-state index in [1.54, 1.807) is 23.1 Å². The Bertz CT molecular complexity index is 743. The van der Waals surface area contributed by atoms with Crippen LogP contribution in [0.4, 0.5) is 4.79 Å². The molecule has 1 aliphatic heterocycles. The highest BCUT2D eigenvalue weighted by Gasteiger charge is 2.25. The molecule has 0 saturated carbocycles. The van der Waals surface area contributed by atoms with Gasteiger partial charge in [0, 0.05) is 24.0 Å². The first-order chi connectivity index (χ1) is 12.1. The van der Waals surface area contributed by atoms with Gasteiger partial charge in [-0.1, -0.05) is 30.3 Å². The van der Waals surface area contributed by atoms with Gasteiger partial charge >= 0.3 is 6.09 Å². The minimum Gasteiger partial charge on any atom is -0.410 e. The molecular formula is C19H20N2O3S. The molecule has 130 valence electrons. The lowest BCUT2D eigenvalue weighted by atomic mass is 10.0. The Labute approximate surface area is 152 Å². The molecule has 1 saturated heterocycles. The lowest BCUT2D eigenvalue weighted by molar-refractivity contribution is 0.0703. The van der Waals surface area contributed by atoms with E-state index in [2.05, 4.69) is 17.9 Å². The number of hydrogen-bond acceptors (Lipinski definition) is 4. The molecule has 25 heavy (non-hydrogen) atoms. The fourth-order valence-electron chi connectivity index (χ4n) is 2.84. The molecule has 2 aromatic rings. The minimum absolute atomic E-state index is 0.00603. The van der Waals surface area contributed by atoms with E-state index in [0.29, 0.717) is 42.1 Å². The van der Waals surface area contributed by atoms with Crippen molar-refractivity contribution in [1.82, 2.24) is 10.2 Å². The maximum atomic E-state index is 12.6. The predicted molar refractivity (Wildman–Crippen MR) is 98.2 cm³/mol. The van der Waals surface area contributed by atoms with Gasteiger partial charge < -0.3 is 15.0 Å². The number of rotatable bonds is 3. The molecule has 6 heteroatoms. The second-order valence-electron chi connectivity index (χ2n) is 5.93. The van der Waals surface area contributed by atoms with Crippen LogP contribution in [-0.2, 0) is 0 Å². The Morgan fingerprint density at radius 3 is 2.32 bits per heavy atom. The molecule has 0 bridgehead atoms. The molecule has 0 aliphatic carbocycles. The van der Waals surface area contributed by atoms with Gasteiger partial charge in [0.05, 0.1) is 5.56 Å². The van der Waals surface area contributed by atoms with Crippen LogP contribution in [-0.4, -0.2) is 36.0 Å². The summed E-state index contributed by atoms with van der Waals surface area (Å²) in [6.45, 7) is 1.19. The van der Waals surface area contributed by atoms with Crippen molar-refractivity contribution >= 4 is 24.6 Å². The van der Waals surface area contributed by atoms with Gasteiger partial charge in [0.1, 0.15) is 5.75 Å². The van der Waals surface area contributed by atoms with Crippen molar-refractivity contribution in [1.29, 1.82) is 0 Å². The highest BCUT2D eigenvalue weighted by atomic mass is 32.1. The smallest absolute Gasteiger partial charge is 0.410 e. The minimum atomic E-state index is -0.461. The predicted octanol–water partition coefficient (Wildman–Crippen LogP) is 3.37. The third-order valence-corrected chi connectivity index (χ3v) is 4.58. The topological polar surface area (TPSA) is 58.6 Å². The summed E-state index contributed by atoms with van der Waals surface area (Å²) in [6, 6.07) is 16.2. The summed E-state index contributed by atoms with van der Waals surface area (Å²) in [5, 5.41) is 2.86. The number of benzene rings is 2. The molecule has 1 N–H and O–H groups in total. The molecule has 1 heterocycles. The summed E-state index contributed by atoms with van der Waals surface area (Å²) >= 11 is 4.35. The van der Waals surface area contributed by atoms with E-state index in [4.69, 9.17) is 4.74 Å². The Morgan fingerprint density at radius 1 is 1.00 bits per heavy atom. The maximum Gasteiger partial charge on any atom is 0.412 e. The van der Waals surface area contributed by atoms with Crippen molar-refractivity contribution < 1.29 is 14.3 Å². The highest BCUT2D eigenvalue weighted by molar-refractivity contribution is 7.80. The van der Waals surface area contributed by atoms with Crippen molar-refractivity contribution in [3.05, 3.63) is 60.2 Å². The van der Waals surface area contributed by atoms with Gasteiger partial charge in [-0.25, -0.2) is 4.79 Å². The first kappa shape index (κ1) is 17.4. The lowest BCUT2D eigenvalue weighted by Gasteiger charge is -2.32. The van der Waals surface area contributed by atoms with Crippen LogP contribution >= 0.6 is 12.6 Å². The van der Waals surface area contributed by atoms with Gasteiger partial charge in [0.15, 0.2) is 0 Å². The van der Waals surface area contributed by atoms with Crippen molar-refractivity contribution in [2.45, 2.75) is 23.8 Å². The van der Waals surface area contributed by atoms with Gasteiger partial charge in [-0.05, 0) is 37.1 Å². The number of nitrogens with one attached hydrogen (secondary N) is 1. The SMILES string of the molecule is O=C(NC1CCN(C(=O)c2ccccc2S)CC1)Oc1ccccc1. The number of para-hydroxylation sites is 1. The molecule has 2 amide bonds. The lowest BCUT2D eigenvalue weighted by Crippen LogP contribution is -2.47. The molecular weight excluding hydrogens is 336 g/mol. The van der Waals surface area contributed by atoms with Gasteiger partial charge in [-0.2, -0.15) is 0 Å². The zero-order chi connectivity index (χ0) is 17.6. The van der Waals surface area contributed by atoms with E-state index in [-0.39, 0.29) is 11.9 Å². The number of carbonyl (C=O) groups is 2. The molecule has 3 rings (SSSR count). The Kier molecular flexibility index (Phi) is 5.60. The van der Waals surface area contributed by atoms with E-state index in [1.165, 1.54) is 0 Å². The molecule has 0 atom stereocenters. The number of carbonyl (C=O) groups excluding carboxylic acids is 2. The molecule has 5 nitrogen and oxygen atoms in total. The van der Waals surface area contributed by atoms with Crippen molar-refractivity contribution in [3.63, 3.8) is 0 Å². The second kappa shape index (κ2) is 8.07. The van der Waals surface area contributed by atoms with E-state index in [1.807, 2.05) is 36.4 Å². The van der Waals surface area contributed by atoms with Crippen molar-refractivity contribution in [2.75, 3.05) is 13.1 Å². The quantitative estimate of drug-likeness (QED) is 0.829. The van der Waals surface area contributed by atoms with Crippen molar-refractivity contribution in [2.24, 2.45) is 0 Å². The number of amides is 2. The molecule has 1 fully saturated rings. The van der Waals surface area contributed by atoms with E-state index in [0.717, 1.165) is 0 Å². The number of likely N-dealkylation sites (tertiary alicyclic amines) is 1. The second-order valence-corrected chi connectivity index (χ2v) is 6.41. The summed E-state index contributed by atoms with van der Waals surface area (Å²) in [7, 11) is 0. The monoisotopic (exact) mass is 356 g/mol. The highest BCUT2D eigenvalue weighted by Crippen LogP contribution is 2.19. The summed E-state index contributed by atoms with van der Waals surface area (Å²) in [4.78, 5) is 27.0.